The summed E-state index contributed by atoms with van der Waals surface area (Å²) in [6.07, 6.45) is 2.74. The highest BCUT2D eigenvalue weighted by molar-refractivity contribution is 6.44. The van der Waals surface area contributed by atoms with E-state index in [0.717, 1.165) is 0 Å². The van der Waals surface area contributed by atoms with Crippen molar-refractivity contribution >= 4 is 17.4 Å². The van der Waals surface area contributed by atoms with Gasteiger partial charge in [-0.2, -0.15) is 0 Å². The van der Waals surface area contributed by atoms with E-state index in [9.17, 15) is 9.59 Å². The molecule has 0 N–H and O–H groups in total. The van der Waals surface area contributed by atoms with Crippen LogP contribution in [0.3, 0.4) is 0 Å². The molecule has 3 nitrogen and oxygen atoms in total. The van der Waals surface area contributed by atoms with E-state index >= 15 is 0 Å². The summed E-state index contributed by atoms with van der Waals surface area (Å²) in [5.41, 5.74) is 0.583. The molecule has 0 atom stereocenters. The summed E-state index contributed by atoms with van der Waals surface area (Å²) >= 11 is 0. The molecule has 0 bridgehead atoms. The molecule has 1 amide bonds. The molecule has 1 heterocycles. The largest absolute Gasteiger partial charge is 0.317 e. The average molecular weight is 123 g/mol. The number of rotatable bonds is 0. The first kappa shape index (κ1) is 5.88. The summed E-state index contributed by atoms with van der Waals surface area (Å²) in [6.45, 7) is 1.67. The topological polar surface area (TPSA) is 46.5 Å². The predicted molar refractivity (Wildman–Crippen MR) is 32.3 cm³/mol. The molecule has 0 unspecified atom stereocenters. The van der Waals surface area contributed by atoms with Crippen molar-refractivity contribution in [3.8, 4) is 0 Å². The van der Waals surface area contributed by atoms with Gasteiger partial charge in [-0.25, -0.2) is 4.99 Å². The Bertz CT molecular complexity index is 225. The number of carbonyl (C=O) groups excluding carboxylic acids is 2. The van der Waals surface area contributed by atoms with Gasteiger partial charge in [0, 0.05) is 5.71 Å². The molecule has 3 heteroatoms. The fraction of sp³-hybridized carbons (Fsp3) is 0.167. The Morgan fingerprint density at radius 1 is 1.33 bits per heavy atom. The quantitative estimate of drug-likeness (QED) is 0.429. The van der Waals surface area contributed by atoms with Crippen LogP contribution in [0.2, 0.25) is 0 Å². The van der Waals surface area contributed by atoms with Gasteiger partial charge >= 0.3 is 5.91 Å². The van der Waals surface area contributed by atoms with Gasteiger partial charge in [0.25, 0.3) is 0 Å². The van der Waals surface area contributed by atoms with Crippen LogP contribution < -0.4 is 0 Å². The molecule has 0 spiro atoms. The van der Waals surface area contributed by atoms with E-state index < -0.39 is 11.7 Å². The molecular weight excluding hydrogens is 118 g/mol. The summed E-state index contributed by atoms with van der Waals surface area (Å²) in [7, 11) is 0. The highest BCUT2D eigenvalue weighted by atomic mass is 16.2. The van der Waals surface area contributed by atoms with E-state index in [0.29, 0.717) is 5.71 Å². The van der Waals surface area contributed by atoms with Gasteiger partial charge in [-0.15, -0.1) is 0 Å². The van der Waals surface area contributed by atoms with Crippen LogP contribution in [0.25, 0.3) is 0 Å². The van der Waals surface area contributed by atoms with Crippen LogP contribution >= 0.6 is 0 Å². The maximum atomic E-state index is 10.4. The van der Waals surface area contributed by atoms with Crippen LogP contribution in [0, 0.1) is 0 Å². The van der Waals surface area contributed by atoms with Gasteiger partial charge in [-0.05, 0) is 19.1 Å². The number of dihydropyridines is 1. The summed E-state index contributed by atoms with van der Waals surface area (Å²) in [5.74, 6) is -1.21. The lowest BCUT2D eigenvalue weighted by molar-refractivity contribution is -0.133. The van der Waals surface area contributed by atoms with E-state index in [-0.39, 0.29) is 0 Å². The Balaban J connectivity index is 2.95. The third-order valence-corrected chi connectivity index (χ3v) is 0.965. The first-order valence-electron chi connectivity index (χ1n) is 2.52. The van der Waals surface area contributed by atoms with Crippen molar-refractivity contribution in [3.63, 3.8) is 0 Å². The zero-order chi connectivity index (χ0) is 6.85. The van der Waals surface area contributed by atoms with Gasteiger partial charge in [-0.1, -0.05) is 0 Å². The number of ketones is 1. The zero-order valence-electron chi connectivity index (χ0n) is 4.92. The summed E-state index contributed by atoms with van der Waals surface area (Å²) in [6, 6.07) is 0. The van der Waals surface area contributed by atoms with Crippen LogP contribution in [0.15, 0.2) is 17.1 Å². The molecule has 0 aliphatic carbocycles. The number of allylic oxidation sites excluding steroid dienone is 1. The molecule has 0 fully saturated rings. The standard InChI is InChI=1S/C6H5NO2/c1-4-2-3-5(8)6(9)7-4/h2-3H,1H3. The number of hydrogen-bond donors (Lipinski definition) is 0. The van der Waals surface area contributed by atoms with Crippen LogP contribution in [-0.2, 0) is 9.59 Å². The first-order chi connectivity index (χ1) is 4.20. The maximum absolute atomic E-state index is 10.4. The van der Waals surface area contributed by atoms with E-state index in [1.807, 2.05) is 0 Å². The summed E-state index contributed by atoms with van der Waals surface area (Å²) in [4.78, 5) is 24.2. The monoisotopic (exact) mass is 123 g/mol. The lowest BCUT2D eigenvalue weighted by Gasteiger charge is -1.95. The highest BCUT2D eigenvalue weighted by Gasteiger charge is 2.11. The SMILES string of the molecule is CC1=NC(=O)C(=O)C=C1. The Morgan fingerprint density at radius 2 is 2.00 bits per heavy atom. The minimum Gasteiger partial charge on any atom is -0.284 e. The first-order valence-corrected chi connectivity index (χ1v) is 2.52. The zero-order valence-corrected chi connectivity index (χ0v) is 4.92. The van der Waals surface area contributed by atoms with Gasteiger partial charge < -0.3 is 0 Å². The maximum Gasteiger partial charge on any atom is 0.317 e. The predicted octanol–water partition coefficient (Wildman–Crippen LogP) is 0.113. The molecule has 0 saturated carbocycles. The van der Waals surface area contributed by atoms with Gasteiger partial charge in [0.15, 0.2) is 0 Å². The molecular formula is C6H5NO2. The normalized spacial score (nSPS) is 18.1. The molecule has 0 saturated heterocycles. The second-order valence-electron chi connectivity index (χ2n) is 1.76. The van der Waals surface area contributed by atoms with E-state index in [2.05, 4.69) is 4.99 Å². The molecule has 1 rings (SSSR count). The molecule has 9 heavy (non-hydrogen) atoms. The van der Waals surface area contributed by atoms with Crippen LogP contribution in [0.1, 0.15) is 6.92 Å². The summed E-state index contributed by atoms with van der Waals surface area (Å²) < 4.78 is 0. The van der Waals surface area contributed by atoms with Crippen molar-refractivity contribution in [2.24, 2.45) is 4.99 Å². The third-order valence-electron chi connectivity index (χ3n) is 0.965. The molecule has 0 aromatic carbocycles. The minimum atomic E-state index is -0.671. The van der Waals surface area contributed by atoms with E-state index in [1.165, 1.54) is 12.2 Å². The van der Waals surface area contributed by atoms with Crippen molar-refractivity contribution in [3.05, 3.63) is 12.2 Å². The van der Waals surface area contributed by atoms with Crippen molar-refractivity contribution in [2.45, 2.75) is 6.92 Å². The molecule has 46 valence electrons. The molecule has 0 aromatic rings. The number of hydrogen-bond acceptors (Lipinski definition) is 2. The fourth-order valence-electron chi connectivity index (χ4n) is 0.520. The van der Waals surface area contributed by atoms with Crippen molar-refractivity contribution < 1.29 is 9.59 Å². The summed E-state index contributed by atoms with van der Waals surface area (Å²) in [5, 5.41) is 0. The van der Waals surface area contributed by atoms with Crippen LogP contribution in [0.5, 0.6) is 0 Å². The Hall–Kier alpha value is -1.25. The van der Waals surface area contributed by atoms with Crippen molar-refractivity contribution in [1.29, 1.82) is 0 Å². The van der Waals surface area contributed by atoms with Gasteiger partial charge in [0.05, 0.1) is 0 Å². The molecule has 0 aromatic heterocycles. The van der Waals surface area contributed by atoms with Gasteiger partial charge in [-0.3, -0.25) is 9.59 Å². The van der Waals surface area contributed by atoms with Gasteiger partial charge in [0.1, 0.15) is 0 Å². The molecule has 0 radical (unpaired) electrons. The Morgan fingerprint density at radius 3 is 2.44 bits per heavy atom. The van der Waals surface area contributed by atoms with Crippen molar-refractivity contribution in [1.82, 2.24) is 0 Å². The minimum absolute atomic E-state index is 0.541. The molecule has 1 aliphatic heterocycles. The van der Waals surface area contributed by atoms with E-state index in [1.54, 1.807) is 6.92 Å². The third kappa shape index (κ3) is 1.10. The smallest absolute Gasteiger partial charge is 0.284 e. The van der Waals surface area contributed by atoms with Crippen LogP contribution in [0.4, 0.5) is 0 Å². The average Bonchev–Trinajstić information content (AvgIpc) is 1.80. The number of carbonyl (C=O) groups is 2. The van der Waals surface area contributed by atoms with Crippen molar-refractivity contribution in [2.75, 3.05) is 0 Å². The number of amides is 1. The Labute approximate surface area is 52.1 Å². The number of aliphatic imine (C=N–C) groups is 1. The second-order valence-corrected chi connectivity index (χ2v) is 1.76. The van der Waals surface area contributed by atoms with E-state index in [4.69, 9.17) is 0 Å². The lowest BCUT2D eigenvalue weighted by atomic mass is 10.2. The fourth-order valence-corrected chi connectivity index (χ4v) is 0.520. The second kappa shape index (κ2) is 1.93. The highest BCUT2D eigenvalue weighted by Crippen LogP contribution is 1.93. The lowest BCUT2D eigenvalue weighted by Crippen LogP contribution is -2.13. The Kier molecular flexibility index (Phi) is 1.26. The number of nitrogens with zero attached hydrogens (tertiary/aromatic N) is 1. The van der Waals surface area contributed by atoms with Gasteiger partial charge in [0.2, 0.25) is 5.78 Å². The van der Waals surface area contributed by atoms with Crippen LogP contribution in [-0.4, -0.2) is 17.4 Å². The molecule has 1 aliphatic rings.